The average molecular weight is 230 g/mol. The molecule has 1 N–H and O–H groups in total. The van der Waals surface area contributed by atoms with Crippen molar-refractivity contribution in [1.82, 2.24) is 10.3 Å². The normalized spacial score (nSPS) is 10.7. The molecule has 2 rings (SSSR count). The highest BCUT2D eigenvalue weighted by atomic mass is 16.4. The first-order chi connectivity index (χ1) is 8.29. The number of rotatable bonds is 5. The predicted octanol–water partition coefficient (Wildman–Crippen LogP) is 2.80. The predicted molar refractivity (Wildman–Crippen MR) is 68.9 cm³/mol. The number of benzene rings is 1. The van der Waals surface area contributed by atoms with Crippen LogP contribution in [0.3, 0.4) is 0 Å². The van der Waals surface area contributed by atoms with Crippen LogP contribution < -0.4 is 5.32 Å². The maximum absolute atomic E-state index is 5.72. The maximum Gasteiger partial charge on any atom is 0.194 e. The lowest BCUT2D eigenvalue weighted by Gasteiger charge is -1.97. The van der Waals surface area contributed by atoms with E-state index in [9.17, 15) is 0 Å². The number of nitrogens with zero attached hydrogens (tertiary/aromatic N) is 1. The van der Waals surface area contributed by atoms with Crippen molar-refractivity contribution < 1.29 is 4.42 Å². The fraction of sp³-hybridized carbons (Fsp3) is 0.357. The van der Waals surface area contributed by atoms with Crippen molar-refractivity contribution in [3.05, 3.63) is 41.9 Å². The molecule has 0 aliphatic heterocycles. The minimum atomic E-state index is 0.816. The van der Waals surface area contributed by atoms with Crippen molar-refractivity contribution in [2.75, 3.05) is 13.6 Å². The minimum absolute atomic E-state index is 0.816. The van der Waals surface area contributed by atoms with Crippen LogP contribution in [0.25, 0.3) is 11.3 Å². The highest BCUT2D eigenvalue weighted by molar-refractivity contribution is 5.56. The molecule has 1 heterocycles. The number of oxazole rings is 1. The monoisotopic (exact) mass is 230 g/mol. The van der Waals surface area contributed by atoms with E-state index in [4.69, 9.17) is 4.42 Å². The first kappa shape index (κ1) is 11.9. The quantitative estimate of drug-likeness (QED) is 0.803. The van der Waals surface area contributed by atoms with Gasteiger partial charge in [0.15, 0.2) is 11.7 Å². The fourth-order valence-electron chi connectivity index (χ4n) is 1.69. The first-order valence-electron chi connectivity index (χ1n) is 5.96. The summed E-state index contributed by atoms with van der Waals surface area (Å²) in [6.45, 7) is 3.07. The highest BCUT2D eigenvalue weighted by Crippen LogP contribution is 2.21. The highest BCUT2D eigenvalue weighted by Gasteiger charge is 2.05. The average Bonchev–Trinajstić information content (AvgIpc) is 2.79. The summed E-state index contributed by atoms with van der Waals surface area (Å²) < 4.78 is 5.72. The molecule has 2 aromatic rings. The number of hydrogen-bond acceptors (Lipinski definition) is 3. The third-order valence-electron chi connectivity index (χ3n) is 2.71. The van der Waals surface area contributed by atoms with Crippen molar-refractivity contribution >= 4 is 0 Å². The summed E-state index contributed by atoms with van der Waals surface area (Å²) in [5.74, 6) is 1.67. The zero-order chi connectivity index (χ0) is 12.1. The zero-order valence-electron chi connectivity index (χ0n) is 10.4. The molecule has 0 spiro atoms. The van der Waals surface area contributed by atoms with Crippen LogP contribution in [0.2, 0.25) is 0 Å². The Labute approximate surface area is 102 Å². The molecule has 3 nitrogen and oxygen atoms in total. The molecule has 0 saturated carbocycles. The van der Waals surface area contributed by atoms with E-state index in [0.29, 0.717) is 0 Å². The van der Waals surface area contributed by atoms with Crippen LogP contribution in [0.1, 0.15) is 17.9 Å². The van der Waals surface area contributed by atoms with Crippen LogP contribution >= 0.6 is 0 Å². The maximum atomic E-state index is 5.72. The van der Waals surface area contributed by atoms with Gasteiger partial charge in [-0.1, -0.05) is 29.8 Å². The van der Waals surface area contributed by atoms with Gasteiger partial charge in [0.2, 0.25) is 0 Å². The second-order valence-corrected chi connectivity index (χ2v) is 4.19. The molecule has 1 aromatic heterocycles. The van der Waals surface area contributed by atoms with E-state index in [2.05, 4.69) is 41.5 Å². The molecular formula is C14H18N2O. The number of aromatic nitrogens is 1. The lowest BCUT2D eigenvalue weighted by molar-refractivity contribution is 0.495. The van der Waals surface area contributed by atoms with Gasteiger partial charge in [0, 0.05) is 12.0 Å². The van der Waals surface area contributed by atoms with E-state index in [1.54, 1.807) is 6.20 Å². The van der Waals surface area contributed by atoms with E-state index in [1.807, 2.05) is 7.05 Å². The number of hydrogen-bond donors (Lipinski definition) is 1. The van der Waals surface area contributed by atoms with Gasteiger partial charge in [-0.2, -0.15) is 0 Å². The lowest BCUT2D eigenvalue weighted by atomic mass is 10.1. The van der Waals surface area contributed by atoms with Crippen LogP contribution in [0.4, 0.5) is 0 Å². The van der Waals surface area contributed by atoms with Gasteiger partial charge in [-0.15, -0.1) is 0 Å². The summed E-state index contributed by atoms with van der Waals surface area (Å²) in [6.07, 6.45) is 3.73. The van der Waals surface area contributed by atoms with Crippen molar-refractivity contribution in [2.45, 2.75) is 19.8 Å². The molecule has 1 aromatic carbocycles. The SMILES string of the molecule is CNCCCc1ncc(-c2ccc(C)cc2)o1. The van der Waals surface area contributed by atoms with Gasteiger partial charge in [-0.3, -0.25) is 0 Å². The van der Waals surface area contributed by atoms with E-state index < -0.39 is 0 Å². The first-order valence-corrected chi connectivity index (χ1v) is 5.96. The molecule has 0 amide bonds. The van der Waals surface area contributed by atoms with Gasteiger partial charge >= 0.3 is 0 Å². The molecule has 0 unspecified atom stereocenters. The summed E-state index contributed by atoms with van der Waals surface area (Å²) in [5, 5.41) is 3.11. The Hall–Kier alpha value is -1.61. The van der Waals surface area contributed by atoms with Gasteiger partial charge < -0.3 is 9.73 Å². The van der Waals surface area contributed by atoms with Crippen LogP contribution in [-0.4, -0.2) is 18.6 Å². The van der Waals surface area contributed by atoms with Crippen LogP contribution in [0.15, 0.2) is 34.9 Å². The van der Waals surface area contributed by atoms with Crippen LogP contribution in [0.5, 0.6) is 0 Å². The smallest absolute Gasteiger partial charge is 0.194 e. The molecule has 0 radical (unpaired) electrons. The third kappa shape index (κ3) is 3.17. The van der Waals surface area contributed by atoms with Gasteiger partial charge in [0.1, 0.15) is 0 Å². The van der Waals surface area contributed by atoms with Gasteiger partial charge in [0.05, 0.1) is 6.20 Å². The summed E-state index contributed by atoms with van der Waals surface area (Å²) >= 11 is 0. The summed E-state index contributed by atoms with van der Waals surface area (Å²) in [6, 6.07) is 8.29. The Kier molecular flexibility index (Phi) is 3.94. The summed E-state index contributed by atoms with van der Waals surface area (Å²) in [5.41, 5.74) is 2.34. The Morgan fingerprint density at radius 3 is 2.71 bits per heavy atom. The van der Waals surface area contributed by atoms with E-state index in [-0.39, 0.29) is 0 Å². The Bertz CT molecular complexity index is 459. The van der Waals surface area contributed by atoms with E-state index >= 15 is 0 Å². The molecule has 0 bridgehead atoms. The topological polar surface area (TPSA) is 38.1 Å². The van der Waals surface area contributed by atoms with Crippen LogP contribution in [-0.2, 0) is 6.42 Å². The standard InChI is InChI=1S/C14H18N2O/c1-11-5-7-12(8-6-11)13-10-16-14(17-13)4-3-9-15-2/h5-8,10,15H,3-4,9H2,1-2H3. The molecule has 90 valence electrons. The van der Waals surface area contributed by atoms with Crippen molar-refractivity contribution in [2.24, 2.45) is 0 Å². The molecule has 0 fully saturated rings. The Morgan fingerprint density at radius 1 is 1.24 bits per heavy atom. The van der Waals surface area contributed by atoms with Crippen molar-refractivity contribution in [3.8, 4) is 11.3 Å². The van der Waals surface area contributed by atoms with Gasteiger partial charge in [-0.05, 0) is 26.9 Å². The molecule has 0 saturated heterocycles. The van der Waals surface area contributed by atoms with Crippen LogP contribution in [0, 0.1) is 6.92 Å². The van der Waals surface area contributed by atoms with Crippen molar-refractivity contribution in [1.29, 1.82) is 0 Å². The summed E-state index contributed by atoms with van der Waals surface area (Å²) in [7, 11) is 1.95. The van der Waals surface area contributed by atoms with E-state index in [0.717, 1.165) is 36.6 Å². The molecule has 3 heteroatoms. The molecule has 0 aliphatic rings. The fourth-order valence-corrected chi connectivity index (χ4v) is 1.69. The molecule has 0 atom stereocenters. The summed E-state index contributed by atoms with van der Waals surface area (Å²) in [4.78, 5) is 4.29. The lowest BCUT2D eigenvalue weighted by Crippen LogP contribution is -2.08. The van der Waals surface area contributed by atoms with E-state index in [1.165, 1.54) is 5.56 Å². The Morgan fingerprint density at radius 2 is 2.00 bits per heavy atom. The Balaban J connectivity index is 2.04. The van der Waals surface area contributed by atoms with Gasteiger partial charge in [0.25, 0.3) is 0 Å². The van der Waals surface area contributed by atoms with Gasteiger partial charge in [-0.25, -0.2) is 4.98 Å². The third-order valence-corrected chi connectivity index (χ3v) is 2.71. The molecule has 0 aliphatic carbocycles. The second-order valence-electron chi connectivity index (χ2n) is 4.19. The minimum Gasteiger partial charge on any atom is -0.441 e. The molecular weight excluding hydrogens is 212 g/mol. The zero-order valence-corrected chi connectivity index (χ0v) is 10.4. The van der Waals surface area contributed by atoms with Crippen molar-refractivity contribution in [3.63, 3.8) is 0 Å². The molecule has 17 heavy (non-hydrogen) atoms. The largest absolute Gasteiger partial charge is 0.441 e. The number of aryl methyl sites for hydroxylation is 2. The number of nitrogens with one attached hydrogen (secondary N) is 1. The second kappa shape index (κ2) is 5.64.